The third kappa shape index (κ3) is 3.42. The fourth-order valence-corrected chi connectivity index (χ4v) is 1.80. The van der Waals surface area contributed by atoms with E-state index >= 15 is 0 Å². The van der Waals surface area contributed by atoms with Gasteiger partial charge in [0.15, 0.2) is 0 Å². The van der Waals surface area contributed by atoms with Crippen molar-refractivity contribution >= 4 is 5.91 Å². The summed E-state index contributed by atoms with van der Waals surface area (Å²) in [6.45, 7) is 1.70. The molecule has 3 heteroatoms. The van der Waals surface area contributed by atoms with Crippen LogP contribution in [0.4, 0.5) is 0 Å². The van der Waals surface area contributed by atoms with E-state index in [0.717, 1.165) is 11.1 Å². The summed E-state index contributed by atoms with van der Waals surface area (Å²) in [4.78, 5) is 11.8. The summed E-state index contributed by atoms with van der Waals surface area (Å²) in [5.41, 5.74) is 2.80. The SMILES string of the molecule is C[C@@H](CO)NC(=O)c1ccc(-c2ccccc2)cc1. The molecule has 0 aliphatic rings. The van der Waals surface area contributed by atoms with Crippen molar-refractivity contribution in [2.75, 3.05) is 6.61 Å². The molecule has 0 aromatic heterocycles. The van der Waals surface area contributed by atoms with Gasteiger partial charge in [-0.05, 0) is 30.2 Å². The number of benzene rings is 2. The Hall–Kier alpha value is -2.13. The van der Waals surface area contributed by atoms with Crippen molar-refractivity contribution in [3.63, 3.8) is 0 Å². The summed E-state index contributed by atoms with van der Waals surface area (Å²) in [6.07, 6.45) is 0. The first-order chi connectivity index (χ1) is 9.20. The van der Waals surface area contributed by atoms with E-state index in [9.17, 15) is 4.79 Å². The Morgan fingerprint density at radius 2 is 1.63 bits per heavy atom. The highest BCUT2D eigenvalue weighted by molar-refractivity contribution is 5.94. The van der Waals surface area contributed by atoms with E-state index in [2.05, 4.69) is 5.32 Å². The number of amides is 1. The van der Waals surface area contributed by atoms with E-state index in [-0.39, 0.29) is 18.6 Å². The fourth-order valence-electron chi connectivity index (χ4n) is 1.80. The molecule has 0 heterocycles. The van der Waals surface area contributed by atoms with Crippen LogP contribution in [-0.4, -0.2) is 23.7 Å². The van der Waals surface area contributed by atoms with Crippen LogP contribution < -0.4 is 5.32 Å². The molecule has 2 aromatic rings. The minimum Gasteiger partial charge on any atom is -0.394 e. The molecule has 1 amide bonds. The van der Waals surface area contributed by atoms with Gasteiger partial charge < -0.3 is 10.4 Å². The topological polar surface area (TPSA) is 49.3 Å². The Kier molecular flexibility index (Phi) is 4.31. The average molecular weight is 255 g/mol. The van der Waals surface area contributed by atoms with Gasteiger partial charge in [0.2, 0.25) is 0 Å². The monoisotopic (exact) mass is 255 g/mol. The molecule has 0 saturated heterocycles. The lowest BCUT2D eigenvalue weighted by atomic mass is 10.0. The van der Waals surface area contributed by atoms with Crippen LogP contribution in [-0.2, 0) is 0 Å². The molecule has 0 aliphatic heterocycles. The zero-order chi connectivity index (χ0) is 13.7. The molecule has 2 rings (SSSR count). The molecule has 98 valence electrons. The number of aliphatic hydroxyl groups is 1. The van der Waals surface area contributed by atoms with Gasteiger partial charge in [-0.2, -0.15) is 0 Å². The number of carbonyl (C=O) groups excluding carboxylic acids is 1. The van der Waals surface area contributed by atoms with Crippen LogP contribution in [0.5, 0.6) is 0 Å². The minimum absolute atomic E-state index is 0.0617. The van der Waals surface area contributed by atoms with Crippen LogP contribution in [0.1, 0.15) is 17.3 Å². The van der Waals surface area contributed by atoms with Crippen LogP contribution >= 0.6 is 0 Å². The molecule has 1 atom stereocenters. The van der Waals surface area contributed by atoms with Gasteiger partial charge in [0.05, 0.1) is 6.61 Å². The Balaban J connectivity index is 2.13. The lowest BCUT2D eigenvalue weighted by Crippen LogP contribution is -2.34. The smallest absolute Gasteiger partial charge is 0.251 e. The molecule has 0 saturated carbocycles. The van der Waals surface area contributed by atoms with Crippen LogP contribution in [0.25, 0.3) is 11.1 Å². The van der Waals surface area contributed by atoms with Crippen molar-refractivity contribution in [3.8, 4) is 11.1 Å². The Morgan fingerprint density at radius 3 is 2.21 bits per heavy atom. The maximum absolute atomic E-state index is 11.8. The van der Waals surface area contributed by atoms with Crippen molar-refractivity contribution in [1.82, 2.24) is 5.32 Å². The lowest BCUT2D eigenvalue weighted by molar-refractivity contribution is 0.0922. The van der Waals surface area contributed by atoms with Crippen LogP contribution in [0, 0.1) is 0 Å². The van der Waals surface area contributed by atoms with Gasteiger partial charge in [0.1, 0.15) is 0 Å². The van der Waals surface area contributed by atoms with Crippen molar-refractivity contribution < 1.29 is 9.90 Å². The van der Waals surface area contributed by atoms with Gasteiger partial charge >= 0.3 is 0 Å². The first kappa shape index (κ1) is 13.3. The third-order valence-corrected chi connectivity index (χ3v) is 2.91. The molecule has 2 N–H and O–H groups in total. The maximum atomic E-state index is 11.8. The molecule has 0 fully saturated rings. The Bertz CT molecular complexity index is 534. The van der Waals surface area contributed by atoms with Crippen molar-refractivity contribution in [3.05, 3.63) is 60.2 Å². The summed E-state index contributed by atoms with van der Waals surface area (Å²) >= 11 is 0. The summed E-state index contributed by atoms with van der Waals surface area (Å²) in [5, 5.41) is 11.6. The number of rotatable bonds is 4. The molecular weight excluding hydrogens is 238 g/mol. The second kappa shape index (κ2) is 6.16. The van der Waals surface area contributed by atoms with E-state index in [4.69, 9.17) is 5.11 Å². The predicted molar refractivity (Wildman–Crippen MR) is 75.9 cm³/mol. The zero-order valence-electron chi connectivity index (χ0n) is 10.8. The highest BCUT2D eigenvalue weighted by Crippen LogP contribution is 2.19. The molecule has 0 unspecified atom stereocenters. The van der Waals surface area contributed by atoms with Crippen LogP contribution in [0.2, 0.25) is 0 Å². The molecule has 0 bridgehead atoms. The normalized spacial score (nSPS) is 11.9. The molecular formula is C16H17NO2. The maximum Gasteiger partial charge on any atom is 0.251 e. The first-order valence-corrected chi connectivity index (χ1v) is 6.28. The minimum atomic E-state index is -0.235. The Morgan fingerprint density at radius 1 is 1.05 bits per heavy atom. The summed E-state index contributed by atoms with van der Waals surface area (Å²) < 4.78 is 0. The van der Waals surface area contributed by atoms with E-state index in [1.54, 1.807) is 19.1 Å². The molecule has 2 aromatic carbocycles. The standard InChI is InChI=1S/C16H17NO2/c1-12(11-18)17-16(19)15-9-7-14(8-10-15)13-5-3-2-4-6-13/h2-10,12,18H,11H2,1H3,(H,17,19)/t12-/m0/s1. The van der Waals surface area contributed by atoms with E-state index in [1.807, 2.05) is 42.5 Å². The summed E-state index contributed by atoms with van der Waals surface area (Å²) in [6, 6.07) is 17.2. The average Bonchev–Trinajstić information content (AvgIpc) is 2.48. The van der Waals surface area contributed by atoms with Gasteiger partial charge in [-0.3, -0.25) is 4.79 Å². The van der Waals surface area contributed by atoms with E-state index in [1.165, 1.54) is 0 Å². The van der Waals surface area contributed by atoms with Crippen molar-refractivity contribution in [1.29, 1.82) is 0 Å². The van der Waals surface area contributed by atoms with Gasteiger partial charge in [0, 0.05) is 11.6 Å². The van der Waals surface area contributed by atoms with Gasteiger partial charge in [0.25, 0.3) is 5.91 Å². The zero-order valence-corrected chi connectivity index (χ0v) is 10.8. The predicted octanol–water partition coefficient (Wildman–Crippen LogP) is 2.46. The van der Waals surface area contributed by atoms with Gasteiger partial charge in [-0.15, -0.1) is 0 Å². The molecule has 0 radical (unpaired) electrons. The molecule has 3 nitrogen and oxygen atoms in total. The van der Waals surface area contributed by atoms with Crippen molar-refractivity contribution in [2.24, 2.45) is 0 Å². The van der Waals surface area contributed by atoms with Crippen molar-refractivity contribution in [2.45, 2.75) is 13.0 Å². The lowest BCUT2D eigenvalue weighted by Gasteiger charge is -2.11. The fraction of sp³-hybridized carbons (Fsp3) is 0.188. The number of hydrogen-bond acceptors (Lipinski definition) is 2. The molecule has 0 aliphatic carbocycles. The highest BCUT2D eigenvalue weighted by Gasteiger charge is 2.08. The number of aliphatic hydroxyl groups excluding tert-OH is 1. The summed E-state index contributed by atoms with van der Waals surface area (Å²) in [7, 11) is 0. The largest absolute Gasteiger partial charge is 0.394 e. The second-order valence-corrected chi connectivity index (χ2v) is 4.50. The molecule has 19 heavy (non-hydrogen) atoms. The van der Waals surface area contributed by atoms with E-state index < -0.39 is 0 Å². The van der Waals surface area contributed by atoms with E-state index in [0.29, 0.717) is 5.56 Å². The number of carbonyl (C=O) groups is 1. The third-order valence-electron chi connectivity index (χ3n) is 2.91. The second-order valence-electron chi connectivity index (χ2n) is 4.50. The van der Waals surface area contributed by atoms with Crippen LogP contribution in [0.3, 0.4) is 0 Å². The first-order valence-electron chi connectivity index (χ1n) is 6.28. The van der Waals surface area contributed by atoms with Gasteiger partial charge in [-0.1, -0.05) is 42.5 Å². The quantitative estimate of drug-likeness (QED) is 0.881. The molecule has 0 spiro atoms. The van der Waals surface area contributed by atoms with Gasteiger partial charge in [-0.25, -0.2) is 0 Å². The number of hydrogen-bond donors (Lipinski definition) is 2. The summed E-state index contributed by atoms with van der Waals surface area (Å²) in [5.74, 6) is -0.166. The number of nitrogens with one attached hydrogen (secondary N) is 1. The van der Waals surface area contributed by atoms with Crippen LogP contribution in [0.15, 0.2) is 54.6 Å². The Labute approximate surface area is 112 Å². The highest BCUT2D eigenvalue weighted by atomic mass is 16.3.